The second kappa shape index (κ2) is 8.51. The van der Waals surface area contributed by atoms with Gasteiger partial charge in [-0.25, -0.2) is 12.8 Å². The topological polar surface area (TPSA) is 66.5 Å². The molecule has 1 atom stereocenters. The van der Waals surface area contributed by atoms with Crippen LogP contribution in [0.4, 0.5) is 10.1 Å². The minimum absolute atomic E-state index is 0.174. The van der Waals surface area contributed by atoms with Gasteiger partial charge in [-0.05, 0) is 48.4 Å². The SMILES string of the molecule is CC[C@@H](C(=O)NCc1ccc(F)cc1)N(c1ccc(Cl)cc1)S(C)(=O)=O. The van der Waals surface area contributed by atoms with Crippen molar-refractivity contribution in [2.45, 2.75) is 25.9 Å². The quantitative estimate of drug-likeness (QED) is 0.777. The molecule has 0 saturated heterocycles. The van der Waals surface area contributed by atoms with E-state index in [-0.39, 0.29) is 18.8 Å². The average molecular weight is 399 g/mol. The summed E-state index contributed by atoms with van der Waals surface area (Å²) in [5.74, 6) is -0.797. The molecule has 1 N–H and O–H groups in total. The molecule has 0 fully saturated rings. The Hall–Kier alpha value is -2.12. The Balaban J connectivity index is 2.22. The zero-order valence-corrected chi connectivity index (χ0v) is 16.0. The van der Waals surface area contributed by atoms with E-state index < -0.39 is 22.0 Å². The van der Waals surface area contributed by atoms with Crippen LogP contribution < -0.4 is 9.62 Å². The Morgan fingerprint density at radius 2 is 1.73 bits per heavy atom. The number of benzene rings is 2. The lowest BCUT2D eigenvalue weighted by atomic mass is 10.1. The Morgan fingerprint density at radius 3 is 2.23 bits per heavy atom. The van der Waals surface area contributed by atoms with Gasteiger partial charge in [0.15, 0.2) is 0 Å². The molecule has 26 heavy (non-hydrogen) atoms. The molecule has 0 aliphatic heterocycles. The predicted molar refractivity (Wildman–Crippen MR) is 101 cm³/mol. The van der Waals surface area contributed by atoms with Crippen molar-refractivity contribution in [2.75, 3.05) is 10.6 Å². The number of hydrogen-bond acceptors (Lipinski definition) is 3. The molecule has 0 unspecified atom stereocenters. The summed E-state index contributed by atoms with van der Waals surface area (Å²) >= 11 is 5.86. The minimum Gasteiger partial charge on any atom is -0.350 e. The smallest absolute Gasteiger partial charge is 0.244 e. The van der Waals surface area contributed by atoms with Gasteiger partial charge in [0.2, 0.25) is 15.9 Å². The third-order valence-electron chi connectivity index (χ3n) is 3.79. The summed E-state index contributed by atoms with van der Waals surface area (Å²) in [6.45, 7) is 1.91. The molecule has 0 aliphatic rings. The van der Waals surface area contributed by atoms with Gasteiger partial charge in [-0.2, -0.15) is 0 Å². The van der Waals surface area contributed by atoms with E-state index in [4.69, 9.17) is 11.6 Å². The fraction of sp³-hybridized carbons (Fsp3) is 0.278. The number of hydrogen-bond donors (Lipinski definition) is 1. The molecule has 0 saturated carbocycles. The van der Waals surface area contributed by atoms with Crippen LogP contribution in [-0.2, 0) is 21.4 Å². The van der Waals surface area contributed by atoms with Crippen LogP contribution in [0.5, 0.6) is 0 Å². The molecule has 1 amide bonds. The van der Waals surface area contributed by atoms with Gasteiger partial charge in [0.25, 0.3) is 0 Å². The maximum atomic E-state index is 13.0. The van der Waals surface area contributed by atoms with Crippen molar-refractivity contribution >= 4 is 33.2 Å². The Kier molecular flexibility index (Phi) is 6.61. The Labute approximate surface area is 157 Å². The lowest BCUT2D eigenvalue weighted by Crippen LogP contribution is -2.49. The minimum atomic E-state index is -3.70. The van der Waals surface area contributed by atoms with E-state index >= 15 is 0 Å². The van der Waals surface area contributed by atoms with Crippen molar-refractivity contribution in [1.29, 1.82) is 0 Å². The third kappa shape index (κ3) is 5.19. The molecule has 140 valence electrons. The summed E-state index contributed by atoms with van der Waals surface area (Å²) in [5, 5.41) is 3.18. The fourth-order valence-corrected chi connectivity index (χ4v) is 3.90. The van der Waals surface area contributed by atoms with Crippen LogP contribution >= 0.6 is 11.6 Å². The molecular weight excluding hydrogens is 379 g/mol. The lowest BCUT2D eigenvalue weighted by molar-refractivity contribution is -0.122. The van der Waals surface area contributed by atoms with Crippen molar-refractivity contribution < 1.29 is 17.6 Å². The first kappa shape index (κ1) is 20.2. The molecule has 0 bridgehead atoms. The van der Waals surface area contributed by atoms with Crippen molar-refractivity contribution in [3.05, 3.63) is 64.9 Å². The standard InChI is InChI=1S/C18H20ClFN2O3S/c1-3-17(18(23)21-12-13-4-8-15(20)9-5-13)22(26(2,24)25)16-10-6-14(19)7-11-16/h4-11,17H,3,12H2,1-2H3,(H,21,23)/t17-/m0/s1. The van der Waals surface area contributed by atoms with Crippen molar-refractivity contribution in [3.8, 4) is 0 Å². The van der Waals surface area contributed by atoms with Gasteiger partial charge >= 0.3 is 0 Å². The molecule has 2 rings (SSSR count). The van der Waals surface area contributed by atoms with Gasteiger partial charge in [0.05, 0.1) is 11.9 Å². The zero-order chi connectivity index (χ0) is 19.3. The van der Waals surface area contributed by atoms with E-state index in [0.29, 0.717) is 16.3 Å². The average Bonchev–Trinajstić information content (AvgIpc) is 2.59. The van der Waals surface area contributed by atoms with Crippen molar-refractivity contribution in [3.63, 3.8) is 0 Å². The molecule has 5 nitrogen and oxygen atoms in total. The van der Waals surface area contributed by atoms with E-state index in [2.05, 4.69) is 5.32 Å². The van der Waals surface area contributed by atoms with Gasteiger partial charge in [-0.1, -0.05) is 30.7 Å². The van der Waals surface area contributed by atoms with E-state index in [1.165, 1.54) is 12.1 Å². The van der Waals surface area contributed by atoms with Gasteiger partial charge in [-0.3, -0.25) is 9.10 Å². The van der Waals surface area contributed by atoms with E-state index in [9.17, 15) is 17.6 Å². The normalized spacial score (nSPS) is 12.5. The molecule has 0 heterocycles. The largest absolute Gasteiger partial charge is 0.350 e. The maximum absolute atomic E-state index is 13.0. The highest BCUT2D eigenvalue weighted by Gasteiger charge is 2.31. The summed E-state index contributed by atoms with van der Waals surface area (Å²) in [6.07, 6.45) is 1.34. The first-order valence-corrected chi connectivity index (χ1v) is 10.2. The summed E-state index contributed by atoms with van der Waals surface area (Å²) in [4.78, 5) is 12.6. The van der Waals surface area contributed by atoms with E-state index in [1.807, 2.05) is 0 Å². The van der Waals surface area contributed by atoms with E-state index in [0.717, 1.165) is 10.6 Å². The monoisotopic (exact) mass is 398 g/mol. The number of carbonyl (C=O) groups excluding carboxylic acids is 1. The molecule has 0 radical (unpaired) electrons. The molecule has 8 heteroatoms. The van der Waals surface area contributed by atoms with Crippen LogP contribution in [0.15, 0.2) is 48.5 Å². The van der Waals surface area contributed by atoms with Crippen LogP contribution in [0.3, 0.4) is 0 Å². The lowest BCUT2D eigenvalue weighted by Gasteiger charge is -2.30. The Morgan fingerprint density at radius 1 is 1.15 bits per heavy atom. The van der Waals surface area contributed by atoms with Crippen molar-refractivity contribution in [1.82, 2.24) is 5.32 Å². The fourth-order valence-electron chi connectivity index (χ4n) is 2.56. The number of amides is 1. The Bertz CT molecular complexity index is 855. The predicted octanol–water partition coefficient (Wildman–Crippen LogP) is 3.34. The van der Waals surface area contributed by atoms with Crippen LogP contribution in [0.2, 0.25) is 5.02 Å². The number of sulfonamides is 1. The van der Waals surface area contributed by atoms with Gasteiger partial charge < -0.3 is 5.32 Å². The molecule has 0 aromatic heterocycles. The highest BCUT2D eigenvalue weighted by Crippen LogP contribution is 2.24. The third-order valence-corrected chi connectivity index (χ3v) is 5.22. The maximum Gasteiger partial charge on any atom is 0.244 e. The summed E-state index contributed by atoms with van der Waals surface area (Å²) < 4.78 is 38.6. The number of rotatable bonds is 7. The molecule has 2 aromatic rings. The van der Waals surface area contributed by atoms with Crippen LogP contribution in [0, 0.1) is 5.82 Å². The first-order valence-electron chi connectivity index (χ1n) is 7.99. The molecule has 0 aliphatic carbocycles. The van der Waals surface area contributed by atoms with Crippen LogP contribution in [-0.4, -0.2) is 26.6 Å². The molecular formula is C18H20ClFN2O3S. The highest BCUT2D eigenvalue weighted by atomic mass is 35.5. The number of nitrogens with zero attached hydrogens (tertiary/aromatic N) is 1. The number of halogens is 2. The van der Waals surface area contributed by atoms with Crippen LogP contribution in [0.1, 0.15) is 18.9 Å². The number of anilines is 1. The van der Waals surface area contributed by atoms with Crippen molar-refractivity contribution in [2.24, 2.45) is 0 Å². The summed E-state index contributed by atoms with van der Waals surface area (Å²) in [5.41, 5.74) is 1.08. The van der Waals surface area contributed by atoms with Gasteiger partial charge in [0.1, 0.15) is 11.9 Å². The number of nitrogens with one attached hydrogen (secondary N) is 1. The zero-order valence-electron chi connectivity index (χ0n) is 14.4. The second-order valence-electron chi connectivity index (χ2n) is 5.80. The number of carbonyl (C=O) groups is 1. The van der Waals surface area contributed by atoms with Crippen LogP contribution in [0.25, 0.3) is 0 Å². The molecule has 2 aromatic carbocycles. The second-order valence-corrected chi connectivity index (χ2v) is 8.10. The summed E-state index contributed by atoms with van der Waals surface area (Å²) in [6, 6.07) is 11.1. The van der Waals surface area contributed by atoms with Gasteiger partial charge in [0, 0.05) is 11.6 Å². The highest BCUT2D eigenvalue weighted by molar-refractivity contribution is 7.92. The van der Waals surface area contributed by atoms with Gasteiger partial charge in [-0.15, -0.1) is 0 Å². The summed E-state index contributed by atoms with van der Waals surface area (Å²) in [7, 11) is -3.70. The van der Waals surface area contributed by atoms with E-state index in [1.54, 1.807) is 43.3 Å². The molecule has 0 spiro atoms. The first-order chi connectivity index (χ1) is 12.2.